The molecular formula is C20H18N2O5S2. The van der Waals surface area contributed by atoms with Crippen LogP contribution < -0.4 is 10.0 Å². The average molecular weight is 431 g/mol. The summed E-state index contributed by atoms with van der Waals surface area (Å²) in [6.07, 6.45) is 0. The molecule has 3 aromatic rings. The number of hydrogen-bond acceptors (Lipinski definition) is 6. The predicted octanol–water partition coefficient (Wildman–Crippen LogP) is 3.02. The predicted molar refractivity (Wildman–Crippen MR) is 110 cm³/mol. The van der Waals surface area contributed by atoms with E-state index < -0.39 is 28.5 Å². The normalized spacial score (nSPS) is 10.9. The van der Waals surface area contributed by atoms with E-state index in [1.54, 1.807) is 18.2 Å². The van der Waals surface area contributed by atoms with Crippen molar-refractivity contribution in [3.05, 3.63) is 82.6 Å². The third-order valence-corrected chi connectivity index (χ3v) is 6.05. The molecule has 2 aromatic carbocycles. The van der Waals surface area contributed by atoms with Gasteiger partial charge in [-0.05, 0) is 41.8 Å². The first-order chi connectivity index (χ1) is 13.9. The Kier molecular flexibility index (Phi) is 6.63. The Balaban J connectivity index is 1.57. The molecule has 3 rings (SSSR count). The number of benzene rings is 2. The van der Waals surface area contributed by atoms with E-state index >= 15 is 0 Å². The van der Waals surface area contributed by atoms with Crippen molar-refractivity contribution in [2.24, 2.45) is 0 Å². The van der Waals surface area contributed by atoms with Crippen molar-refractivity contribution in [2.75, 3.05) is 11.3 Å². The first-order valence-corrected chi connectivity index (χ1v) is 10.9. The molecule has 150 valence electrons. The minimum absolute atomic E-state index is 0.107. The van der Waals surface area contributed by atoms with Gasteiger partial charge >= 0.3 is 5.97 Å². The minimum Gasteiger partial charge on any atom is -0.452 e. The van der Waals surface area contributed by atoms with E-state index in [0.29, 0.717) is 6.54 Å². The van der Waals surface area contributed by atoms with E-state index in [1.807, 2.05) is 17.5 Å². The molecule has 0 saturated carbocycles. The Morgan fingerprint density at radius 2 is 1.76 bits per heavy atom. The van der Waals surface area contributed by atoms with Crippen LogP contribution in [0.15, 0.2) is 77.0 Å². The van der Waals surface area contributed by atoms with Gasteiger partial charge in [-0.2, -0.15) is 0 Å². The maximum absolute atomic E-state index is 12.4. The van der Waals surface area contributed by atoms with Crippen LogP contribution in [-0.2, 0) is 26.1 Å². The number of carbonyl (C=O) groups is 2. The molecule has 1 heterocycles. The third-order valence-electron chi connectivity index (χ3n) is 3.78. The van der Waals surface area contributed by atoms with Crippen molar-refractivity contribution in [2.45, 2.75) is 11.4 Å². The molecule has 0 spiro atoms. The largest absolute Gasteiger partial charge is 0.452 e. The van der Waals surface area contributed by atoms with E-state index in [-0.39, 0.29) is 16.1 Å². The summed E-state index contributed by atoms with van der Waals surface area (Å²) in [6, 6.07) is 17.5. The molecule has 0 fully saturated rings. The summed E-state index contributed by atoms with van der Waals surface area (Å²) in [5.41, 5.74) is 0.342. The Hall–Kier alpha value is -3.17. The molecule has 7 nitrogen and oxygen atoms in total. The Morgan fingerprint density at radius 3 is 2.48 bits per heavy atom. The number of ether oxygens (including phenoxy) is 1. The molecule has 0 atom stereocenters. The number of esters is 1. The van der Waals surface area contributed by atoms with Crippen LogP contribution in [0, 0.1) is 0 Å². The molecule has 0 aliphatic heterocycles. The summed E-state index contributed by atoms with van der Waals surface area (Å²) >= 11 is 1.51. The first kappa shape index (κ1) is 20.6. The number of anilines is 1. The van der Waals surface area contributed by atoms with Crippen LogP contribution in [-0.4, -0.2) is 26.9 Å². The number of nitrogens with one attached hydrogen (secondary N) is 2. The summed E-state index contributed by atoms with van der Waals surface area (Å²) < 4.78 is 32.2. The summed E-state index contributed by atoms with van der Waals surface area (Å²) in [6.45, 7) is -0.0605. The van der Waals surface area contributed by atoms with Crippen molar-refractivity contribution in [3.8, 4) is 0 Å². The third kappa shape index (κ3) is 5.90. The molecule has 2 N–H and O–H groups in total. The highest BCUT2D eigenvalue weighted by Crippen LogP contribution is 2.17. The van der Waals surface area contributed by atoms with Crippen LogP contribution in [0.3, 0.4) is 0 Å². The van der Waals surface area contributed by atoms with Gasteiger partial charge in [-0.25, -0.2) is 13.2 Å². The first-order valence-electron chi connectivity index (χ1n) is 8.58. The lowest BCUT2D eigenvalue weighted by molar-refractivity contribution is -0.124. The van der Waals surface area contributed by atoms with E-state index in [4.69, 9.17) is 4.74 Å². The number of carbonyl (C=O) groups excluding carboxylic acids is 2. The summed E-state index contributed by atoms with van der Waals surface area (Å²) in [5.74, 6) is -1.15. The van der Waals surface area contributed by atoms with Crippen LogP contribution >= 0.6 is 11.3 Å². The summed E-state index contributed by atoms with van der Waals surface area (Å²) in [4.78, 5) is 25.1. The molecule has 0 aliphatic carbocycles. The quantitative estimate of drug-likeness (QED) is 0.535. The van der Waals surface area contributed by atoms with Crippen LogP contribution in [0.25, 0.3) is 0 Å². The summed E-state index contributed by atoms with van der Waals surface area (Å²) in [7, 11) is -3.78. The van der Waals surface area contributed by atoms with E-state index in [0.717, 1.165) is 4.88 Å². The van der Waals surface area contributed by atoms with Crippen molar-refractivity contribution >= 4 is 38.9 Å². The number of amides is 1. The molecule has 29 heavy (non-hydrogen) atoms. The maximum atomic E-state index is 12.4. The number of thiophene rings is 1. The fourth-order valence-electron chi connectivity index (χ4n) is 2.39. The zero-order valence-corrected chi connectivity index (χ0v) is 16.8. The van der Waals surface area contributed by atoms with Gasteiger partial charge in [0.2, 0.25) is 0 Å². The van der Waals surface area contributed by atoms with Gasteiger partial charge < -0.3 is 10.1 Å². The van der Waals surface area contributed by atoms with Gasteiger partial charge in [-0.3, -0.25) is 9.52 Å². The molecule has 0 unspecified atom stereocenters. The van der Waals surface area contributed by atoms with E-state index in [2.05, 4.69) is 10.0 Å². The van der Waals surface area contributed by atoms with Gasteiger partial charge in [0.05, 0.1) is 17.0 Å². The molecule has 1 amide bonds. The zero-order valence-electron chi connectivity index (χ0n) is 15.2. The van der Waals surface area contributed by atoms with Crippen molar-refractivity contribution in [3.63, 3.8) is 0 Å². The van der Waals surface area contributed by atoms with Crippen LogP contribution in [0.4, 0.5) is 5.69 Å². The minimum atomic E-state index is -3.78. The number of hydrogen-bond donors (Lipinski definition) is 2. The van der Waals surface area contributed by atoms with E-state index in [9.17, 15) is 18.0 Å². The molecule has 0 aliphatic rings. The summed E-state index contributed by atoms with van der Waals surface area (Å²) in [5, 5.41) is 4.56. The Bertz CT molecular complexity index is 1080. The standard InChI is InChI=1S/C20H18N2O5S2/c23-19(21-13-17-8-5-11-28-17)14-27-20(24)15-6-4-7-16(12-15)22-29(25,26)18-9-2-1-3-10-18/h1-12,22H,13-14H2,(H,21,23). The lowest BCUT2D eigenvalue weighted by Gasteiger charge is -2.10. The Morgan fingerprint density at radius 1 is 0.966 bits per heavy atom. The maximum Gasteiger partial charge on any atom is 0.338 e. The van der Waals surface area contributed by atoms with Gasteiger partial charge in [-0.15, -0.1) is 11.3 Å². The second-order valence-corrected chi connectivity index (χ2v) is 8.65. The van der Waals surface area contributed by atoms with Crippen LogP contribution in [0.1, 0.15) is 15.2 Å². The lowest BCUT2D eigenvalue weighted by atomic mass is 10.2. The molecule has 0 saturated heterocycles. The van der Waals surface area contributed by atoms with Gasteiger partial charge in [0.1, 0.15) is 0 Å². The monoisotopic (exact) mass is 430 g/mol. The molecule has 1 aromatic heterocycles. The highest BCUT2D eigenvalue weighted by Gasteiger charge is 2.15. The Labute approximate surface area is 172 Å². The molecule has 9 heteroatoms. The van der Waals surface area contributed by atoms with Crippen molar-refractivity contribution in [1.82, 2.24) is 5.32 Å². The van der Waals surface area contributed by atoms with Crippen molar-refractivity contribution < 1.29 is 22.7 Å². The van der Waals surface area contributed by atoms with Gasteiger partial charge in [0.25, 0.3) is 15.9 Å². The second kappa shape index (κ2) is 9.35. The van der Waals surface area contributed by atoms with Crippen LogP contribution in [0.2, 0.25) is 0 Å². The lowest BCUT2D eigenvalue weighted by Crippen LogP contribution is -2.28. The fourth-order valence-corrected chi connectivity index (χ4v) is 4.10. The molecular weight excluding hydrogens is 412 g/mol. The molecule has 0 radical (unpaired) electrons. The number of rotatable bonds is 8. The smallest absolute Gasteiger partial charge is 0.338 e. The average Bonchev–Trinajstić information content (AvgIpc) is 3.25. The second-order valence-electron chi connectivity index (χ2n) is 5.93. The highest BCUT2D eigenvalue weighted by molar-refractivity contribution is 7.92. The SMILES string of the molecule is O=C(COC(=O)c1cccc(NS(=O)(=O)c2ccccc2)c1)NCc1cccs1. The number of sulfonamides is 1. The van der Waals surface area contributed by atoms with Gasteiger partial charge in [-0.1, -0.05) is 30.3 Å². The van der Waals surface area contributed by atoms with Gasteiger partial charge in [0, 0.05) is 10.6 Å². The van der Waals surface area contributed by atoms with Gasteiger partial charge in [0.15, 0.2) is 6.61 Å². The molecule has 0 bridgehead atoms. The fraction of sp³-hybridized carbons (Fsp3) is 0.100. The van der Waals surface area contributed by atoms with Crippen molar-refractivity contribution in [1.29, 1.82) is 0 Å². The zero-order chi connectivity index (χ0) is 20.7. The topological polar surface area (TPSA) is 102 Å². The van der Waals surface area contributed by atoms with Crippen LogP contribution in [0.5, 0.6) is 0 Å². The van der Waals surface area contributed by atoms with E-state index in [1.165, 1.54) is 47.7 Å². The highest BCUT2D eigenvalue weighted by atomic mass is 32.2.